The van der Waals surface area contributed by atoms with Crippen LogP contribution in [0.15, 0.2) is 65.2 Å². The molecule has 3 rings (SSSR count). The summed E-state index contributed by atoms with van der Waals surface area (Å²) in [4.78, 5) is 11.8. The van der Waals surface area contributed by atoms with Crippen molar-refractivity contribution in [3.8, 4) is 17.1 Å². The van der Waals surface area contributed by atoms with E-state index in [-0.39, 0.29) is 12.6 Å². The second-order valence-electron chi connectivity index (χ2n) is 5.55. The third kappa shape index (κ3) is 5.13. The van der Waals surface area contributed by atoms with Gasteiger partial charge in [-0.05, 0) is 17.7 Å². The fourth-order valence-electron chi connectivity index (χ4n) is 2.31. The molecule has 0 fully saturated rings. The Morgan fingerprint density at radius 3 is 2.77 bits per heavy atom. The Kier molecular flexibility index (Phi) is 6.33. The molecule has 0 bridgehead atoms. The lowest BCUT2D eigenvalue weighted by atomic mass is 10.1. The van der Waals surface area contributed by atoms with Crippen LogP contribution in [0.3, 0.4) is 0 Å². The van der Waals surface area contributed by atoms with Crippen molar-refractivity contribution in [3.05, 3.63) is 71.9 Å². The molecule has 3 aromatic rings. The number of methoxy groups -OCH3 is 1. The lowest BCUT2D eigenvalue weighted by Gasteiger charge is -2.03. The van der Waals surface area contributed by atoms with Crippen LogP contribution in [0.4, 0.5) is 0 Å². The summed E-state index contributed by atoms with van der Waals surface area (Å²) in [7, 11) is 1.61. The first-order chi connectivity index (χ1) is 12.7. The number of carbonyl (C=O) groups excluding carboxylic acids is 1. The number of ether oxygens (including phenoxy) is 2. The van der Waals surface area contributed by atoms with Gasteiger partial charge >= 0.3 is 5.97 Å². The predicted molar refractivity (Wildman–Crippen MR) is 101 cm³/mol. The maximum absolute atomic E-state index is 11.8. The normalized spacial score (nSPS) is 10.5. The van der Waals surface area contributed by atoms with E-state index >= 15 is 0 Å². The van der Waals surface area contributed by atoms with Crippen LogP contribution in [0.5, 0.6) is 5.75 Å². The highest BCUT2D eigenvalue weighted by Crippen LogP contribution is 2.24. The summed E-state index contributed by atoms with van der Waals surface area (Å²) in [5, 5.41) is 3.95. The minimum atomic E-state index is -0.267. The molecule has 0 saturated carbocycles. The fraction of sp³-hybridized carbons (Fsp3) is 0.200. The van der Waals surface area contributed by atoms with Crippen molar-refractivity contribution in [2.24, 2.45) is 0 Å². The monoisotopic (exact) mass is 369 g/mol. The number of nitrogens with zero attached hydrogens (tertiary/aromatic N) is 1. The van der Waals surface area contributed by atoms with Crippen LogP contribution in [-0.2, 0) is 21.9 Å². The van der Waals surface area contributed by atoms with Crippen molar-refractivity contribution in [2.75, 3.05) is 12.9 Å². The second kappa shape index (κ2) is 9.10. The van der Waals surface area contributed by atoms with Crippen molar-refractivity contribution in [3.63, 3.8) is 0 Å². The van der Waals surface area contributed by atoms with E-state index < -0.39 is 0 Å². The predicted octanol–water partition coefficient (Wildman–Crippen LogP) is 4.33. The van der Waals surface area contributed by atoms with Gasteiger partial charge in [0.1, 0.15) is 18.1 Å². The molecular weight excluding hydrogens is 350 g/mol. The molecule has 0 atom stereocenters. The molecule has 1 aromatic heterocycles. The quantitative estimate of drug-likeness (QED) is 0.551. The Balaban J connectivity index is 1.46. The van der Waals surface area contributed by atoms with Crippen molar-refractivity contribution in [1.29, 1.82) is 0 Å². The molecule has 1 heterocycles. The number of rotatable bonds is 8. The molecule has 0 radical (unpaired) electrons. The number of thioether (sulfide) groups is 1. The van der Waals surface area contributed by atoms with Crippen LogP contribution in [-0.4, -0.2) is 24.0 Å². The Morgan fingerprint density at radius 1 is 1.12 bits per heavy atom. The van der Waals surface area contributed by atoms with Gasteiger partial charge in [0, 0.05) is 17.4 Å². The largest absolute Gasteiger partial charge is 0.497 e. The van der Waals surface area contributed by atoms with Crippen LogP contribution < -0.4 is 4.74 Å². The Morgan fingerprint density at radius 2 is 1.96 bits per heavy atom. The molecule has 26 heavy (non-hydrogen) atoms. The van der Waals surface area contributed by atoms with Crippen LogP contribution >= 0.6 is 11.8 Å². The number of benzene rings is 2. The molecule has 0 saturated heterocycles. The Hall–Kier alpha value is -2.73. The molecule has 5 nitrogen and oxygen atoms in total. The molecular formula is C20H19NO4S. The van der Waals surface area contributed by atoms with Gasteiger partial charge in [-0.25, -0.2) is 0 Å². The van der Waals surface area contributed by atoms with E-state index in [0.29, 0.717) is 17.2 Å². The summed E-state index contributed by atoms with van der Waals surface area (Å²) in [5.41, 5.74) is 2.61. The van der Waals surface area contributed by atoms with Gasteiger partial charge in [0.15, 0.2) is 5.76 Å². The molecule has 134 valence electrons. The van der Waals surface area contributed by atoms with Gasteiger partial charge in [0.25, 0.3) is 0 Å². The summed E-state index contributed by atoms with van der Waals surface area (Å²) in [6, 6.07) is 19.3. The third-order valence-electron chi connectivity index (χ3n) is 3.63. The highest BCUT2D eigenvalue weighted by atomic mass is 32.2. The smallest absolute Gasteiger partial charge is 0.316 e. The average Bonchev–Trinajstić information content (AvgIpc) is 3.16. The van der Waals surface area contributed by atoms with Crippen LogP contribution in [0, 0.1) is 0 Å². The maximum atomic E-state index is 11.8. The molecule has 0 N–H and O–H groups in total. The van der Waals surface area contributed by atoms with Gasteiger partial charge in [-0.1, -0.05) is 47.6 Å². The first kappa shape index (κ1) is 18.1. The average molecular weight is 369 g/mol. The SMILES string of the molecule is COc1cccc(-c2cc(COC(=O)CSCc3ccccc3)no2)c1. The number of hydrogen-bond acceptors (Lipinski definition) is 6. The van der Waals surface area contributed by atoms with Gasteiger partial charge in [0.2, 0.25) is 0 Å². The van der Waals surface area contributed by atoms with E-state index in [1.807, 2.05) is 54.6 Å². The molecule has 0 aliphatic carbocycles. The summed E-state index contributed by atoms with van der Waals surface area (Å²) in [6.07, 6.45) is 0. The number of carbonyl (C=O) groups is 1. The van der Waals surface area contributed by atoms with Crippen LogP contribution in [0.2, 0.25) is 0 Å². The van der Waals surface area contributed by atoms with Gasteiger partial charge in [-0.3, -0.25) is 4.79 Å². The molecule has 0 unspecified atom stereocenters. The lowest BCUT2D eigenvalue weighted by molar-refractivity contribution is -0.141. The standard InChI is InChI=1S/C20H19NO4S/c1-23-18-9-5-8-16(10-18)19-11-17(21-25-19)12-24-20(22)14-26-13-15-6-3-2-4-7-15/h2-11H,12-14H2,1H3. The zero-order chi connectivity index (χ0) is 18.2. The van der Waals surface area contributed by atoms with Crippen LogP contribution in [0.1, 0.15) is 11.3 Å². The molecule has 6 heteroatoms. The van der Waals surface area contributed by atoms with Gasteiger partial charge in [-0.2, -0.15) is 0 Å². The van der Waals surface area contributed by atoms with Crippen molar-refractivity contribution < 1.29 is 18.8 Å². The number of hydrogen-bond donors (Lipinski definition) is 0. The maximum Gasteiger partial charge on any atom is 0.316 e. The minimum Gasteiger partial charge on any atom is -0.497 e. The molecule has 2 aromatic carbocycles. The minimum absolute atomic E-state index is 0.0954. The molecule has 0 amide bonds. The third-order valence-corrected chi connectivity index (χ3v) is 4.60. The lowest BCUT2D eigenvalue weighted by Crippen LogP contribution is -2.07. The Labute approximate surface area is 156 Å². The van der Waals surface area contributed by atoms with Crippen LogP contribution in [0.25, 0.3) is 11.3 Å². The summed E-state index contributed by atoms with van der Waals surface area (Å²) < 4.78 is 15.8. The highest BCUT2D eigenvalue weighted by molar-refractivity contribution is 7.99. The summed E-state index contributed by atoms with van der Waals surface area (Å²) in [5.74, 6) is 2.16. The fourth-order valence-corrected chi connectivity index (χ4v) is 3.09. The second-order valence-corrected chi connectivity index (χ2v) is 6.54. The number of aromatic nitrogens is 1. The number of esters is 1. The molecule has 0 aliphatic heterocycles. The van der Waals surface area contributed by atoms with E-state index in [9.17, 15) is 4.79 Å². The molecule has 0 spiro atoms. The highest BCUT2D eigenvalue weighted by Gasteiger charge is 2.10. The van der Waals surface area contributed by atoms with E-state index in [1.165, 1.54) is 17.3 Å². The first-order valence-corrected chi connectivity index (χ1v) is 9.27. The Bertz CT molecular complexity index is 848. The topological polar surface area (TPSA) is 61.6 Å². The van der Waals surface area contributed by atoms with Crippen molar-refractivity contribution in [1.82, 2.24) is 5.16 Å². The van der Waals surface area contributed by atoms with Gasteiger partial charge in [-0.15, -0.1) is 11.8 Å². The van der Waals surface area contributed by atoms with E-state index in [0.717, 1.165) is 17.1 Å². The summed E-state index contributed by atoms with van der Waals surface area (Å²) in [6.45, 7) is 0.0954. The van der Waals surface area contributed by atoms with E-state index in [4.69, 9.17) is 14.0 Å². The first-order valence-electron chi connectivity index (χ1n) is 8.12. The van der Waals surface area contributed by atoms with Crippen molar-refractivity contribution in [2.45, 2.75) is 12.4 Å². The zero-order valence-electron chi connectivity index (χ0n) is 14.4. The zero-order valence-corrected chi connectivity index (χ0v) is 15.2. The van der Waals surface area contributed by atoms with E-state index in [2.05, 4.69) is 5.16 Å². The molecule has 0 aliphatic rings. The van der Waals surface area contributed by atoms with Gasteiger partial charge < -0.3 is 14.0 Å². The van der Waals surface area contributed by atoms with Crippen molar-refractivity contribution >= 4 is 17.7 Å². The van der Waals surface area contributed by atoms with E-state index in [1.54, 1.807) is 13.2 Å². The van der Waals surface area contributed by atoms with Gasteiger partial charge in [0.05, 0.1) is 12.9 Å². The summed E-state index contributed by atoms with van der Waals surface area (Å²) >= 11 is 1.52.